The summed E-state index contributed by atoms with van der Waals surface area (Å²) in [4.78, 5) is 4.66. The highest BCUT2D eigenvalue weighted by molar-refractivity contribution is 5.83. The normalized spacial score (nSPS) is 12.6. The van der Waals surface area contributed by atoms with Crippen LogP contribution in [0.25, 0.3) is 0 Å². The molecule has 9 heteroatoms. The first kappa shape index (κ1) is 18.8. The van der Waals surface area contributed by atoms with Gasteiger partial charge in [0.2, 0.25) is 0 Å². The summed E-state index contributed by atoms with van der Waals surface area (Å²) in [6.45, 7) is 1.30. The zero-order chi connectivity index (χ0) is 17.7. The maximum Gasteiger partial charge on any atom is 0.417 e. The highest BCUT2D eigenvalue weighted by atomic mass is 19.4. The molecule has 1 aromatic rings. The van der Waals surface area contributed by atoms with Crippen molar-refractivity contribution in [2.45, 2.75) is 19.3 Å². The standard InChI is InChI=1S/C14H12F6N2O/c1-9(8-21)22-23-6-2-3-10-7-11(13(15,16)17)4-5-12(10)14(18,19)20/h4-5,7H,6,8,21H2,1H3. The predicted molar refractivity (Wildman–Crippen MR) is 71.4 cm³/mol. The van der Waals surface area contributed by atoms with Crippen molar-refractivity contribution in [3.8, 4) is 11.8 Å². The Hall–Kier alpha value is -2.21. The number of nitrogens with zero attached hydrogens (tertiary/aromatic N) is 1. The molecule has 0 aliphatic rings. The minimum absolute atomic E-state index is 0.124. The van der Waals surface area contributed by atoms with Crippen molar-refractivity contribution in [3.05, 3.63) is 34.9 Å². The summed E-state index contributed by atoms with van der Waals surface area (Å²) in [6.07, 6.45) is -9.58. The molecule has 0 bridgehead atoms. The van der Waals surface area contributed by atoms with Crippen LogP contribution in [-0.4, -0.2) is 18.9 Å². The van der Waals surface area contributed by atoms with Gasteiger partial charge in [0.1, 0.15) is 0 Å². The molecule has 2 N–H and O–H groups in total. The fourth-order valence-electron chi connectivity index (χ4n) is 1.41. The Morgan fingerprint density at radius 2 is 1.83 bits per heavy atom. The third-order valence-corrected chi connectivity index (χ3v) is 2.53. The highest BCUT2D eigenvalue weighted by Gasteiger charge is 2.36. The van der Waals surface area contributed by atoms with Crippen molar-refractivity contribution in [2.75, 3.05) is 13.2 Å². The second-order valence-corrected chi connectivity index (χ2v) is 4.36. The summed E-state index contributed by atoms with van der Waals surface area (Å²) in [5.74, 6) is 4.21. The highest BCUT2D eigenvalue weighted by Crippen LogP contribution is 2.36. The lowest BCUT2D eigenvalue weighted by Crippen LogP contribution is -2.11. The van der Waals surface area contributed by atoms with E-state index in [1.165, 1.54) is 0 Å². The van der Waals surface area contributed by atoms with Gasteiger partial charge in [-0.15, -0.1) is 0 Å². The molecular weight excluding hydrogens is 326 g/mol. The fourth-order valence-corrected chi connectivity index (χ4v) is 1.41. The number of benzene rings is 1. The van der Waals surface area contributed by atoms with E-state index in [4.69, 9.17) is 5.73 Å². The van der Waals surface area contributed by atoms with E-state index in [1.807, 2.05) is 5.92 Å². The number of halogens is 6. The van der Waals surface area contributed by atoms with E-state index in [0.29, 0.717) is 23.9 Å². The zero-order valence-electron chi connectivity index (χ0n) is 11.8. The van der Waals surface area contributed by atoms with Crippen molar-refractivity contribution in [3.63, 3.8) is 0 Å². The maximum atomic E-state index is 12.8. The van der Waals surface area contributed by atoms with Crippen molar-refractivity contribution in [2.24, 2.45) is 10.9 Å². The zero-order valence-corrected chi connectivity index (χ0v) is 11.8. The van der Waals surface area contributed by atoms with Gasteiger partial charge in [0.15, 0.2) is 6.61 Å². The number of nitrogens with two attached hydrogens (primary N) is 1. The van der Waals surface area contributed by atoms with Gasteiger partial charge in [0, 0.05) is 12.1 Å². The first-order valence-electron chi connectivity index (χ1n) is 6.18. The first-order valence-corrected chi connectivity index (χ1v) is 6.18. The summed E-state index contributed by atoms with van der Waals surface area (Å²) >= 11 is 0. The van der Waals surface area contributed by atoms with Crippen LogP contribution in [0.2, 0.25) is 0 Å². The van der Waals surface area contributed by atoms with Gasteiger partial charge >= 0.3 is 12.4 Å². The maximum absolute atomic E-state index is 12.8. The van der Waals surface area contributed by atoms with Crippen LogP contribution >= 0.6 is 0 Å². The quantitative estimate of drug-likeness (QED) is 0.302. The Labute approximate surface area is 128 Å². The van der Waals surface area contributed by atoms with Gasteiger partial charge in [-0.2, -0.15) is 26.3 Å². The summed E-state index contributed by atoms with van der Waals surface area (Å²) in [7, 11) is 0. The SMILES string of the molecule is CC(CN)=NOCC#Cc1cc(C(F)(F)F)ccc1C(F)(F)F. The molecule has 0 aliphatic carbocycles. The second-order valence-electron chi connectivity index (χ2n) is 4.36. The average molecular weight is 338 g/mol. The van der Waals surface area contributed by atoms with Gasteiger partial charge < -0.3 is 10.6 Å². The van der Waals surface area contributed by atoms with Gasteiger partial charge in [-0.05, 0) is 25.1 Å². The molecule has 0 amide bonds. The van der Waals surface area contributed by atoms with E-state index in [9.17, 15) is 26.3 Å². The van der Waals surface area contributed by atoms with Crippen LogP contribution in [0.4, 0.5) is 26.3 Å². The molecule has 0 aliphatic heterocycles. The molecule has 3 nitrogen and oxygen atoms in total. The van der Waals surface area contributed by atoms with Crippen molar-refractivity contribution < 1.29 is 31.2 Å². The largest absolute Gasteiger partial charge is 0.417 e. The summed E-state index contributed by atoms with van der Waals surface area (Å²) < 4.78 is 76.1. The lowest BCUT2D eigenvalue weighted by atomic mass is 10.0. The third kappa shape index (κ3) is 5.83. The molecule has 0 saturated heterocycles. The van der Waals surface area contributed by atoms with E-state index >= 15 is 0 Å². The number of hydrogen-bond donors (Lipinski definition) is 1. The van der Waals surface area contributed by atoms with E-state index < -0.39 is 29.0 Å². The lowest BCUT2D eigenvalue weighted by molar-refractivity contribution is -0.141. The molecule has 126 valence electrons. The minimum Gasteiger partial charge on any atom is -0.383 e. The van der Waals surface area contributed by atoms with E-state index in [1.54, 1.807) is 6.92 Å². The average Bonchev–Trinajstić information content (AvgIpc) is 2.44. The molecule has 0 spiro atoms. The Balaban J connectivity index is 3.07. The number of rotatable bonds is 3. The van der Waals surface area contributed by atoms with Gasteiger partial charge in [-0.25, -0.2) is 0 Å². The fraction of sp³-hybridized carbons (Fsp3) is 0.357. The molecular formula is C14H12F6N2O. The second kappa shape index (κ2) is 7.37. The van der Waals surface area contributed by atoms with Crippen LogP contribution in [-0.2, 0) is 17.2 Å². The Kier molecular flexibility index (Phi) is 6.04. The lowest BCUT2D eigenvalue weighted by Gasteiger charge is -2.12. The Bertz CT molecular complexity index is 637. The molecule has 0 atom stereocenters. The molecule has 0 fully saturated rings. The van der Waals surface area contributed by atoms with Crippen molar-refractivity contribution in [1.82, 2.24) is 0 Å². The van der Waals surface area contributed by atoms with Crippen LogP contribution in [0.15, 0.2) is 23.4 Å². The minimum atomic E-state index is -4.82. The number of oxime groups is 1. The van der Waals surface area contributed by atoms with Gasteiger partial charge in [0.25, 0.3) is 0 Å². The Morgan fingerprint density at radius 3 is 2.35 bits per heavy atom. The third-order valence-electron chi connectivity index (χ3n) is 2.53. The van der Waals surface area contributed by atoms with Crippen LogP contribution < -0.4 is 5.73 Å². The summed E-state index contributed by atoms with van der Waals surface area (Å²) in [5, 5.41) is 3.49. The van der Waals surface area contributed by atoms with E-state index in [-0.39, 0.29) is 13.2 Å². The molecule has 0 radical (unpaired) electrons. The molecule has 0 heterocycles. The first-order chi connectivity index (χ1) is 10.6. The molecule has 1 aromatic carbocycles. The van der Waals surface area contributed by atoms with Crippen molar-refractivity contribution >= 4 is 5.71 Å². The predicted octanol–water partition coefficient (Wildman–Crippen LogP) is 3.43. The van der Waals surface area contributed by atoms with Crippen molar-refractivity contribution in [1.29, 1.82) is 0 Å². The van der Waals surface area contributed by atoms with Crippen LogP contribution in [0.5, 0.6) is 0 Å². The van der Waals surface area contributed by atoms with E-state index in [2.05, 4.69) is 15.9 Å². The topological polar surface area (TPSA) is 47.6 Å². The van der Waals surface area contributed by atoms with Gasteiger partial charge in [-0.3, -0.25) is 0 Å². The molecule has 0 unspecified atom stereocenters. The van der Waals surface area contributed by atoms with Crippen LogP contribution in [0.1, 0.15) is 23.6 Å². The monoisotopic (exact) mass is 338 g/mol. The van der Waals surface area contributed by atoms with Gasteiger partial charge in [-0.1, -0.05) is 17.0 Å². The smallest absolute Gasteiger partial charge is 0.383 e. The van der Waals surface area contributed by atoms with Crippen LogP contribution in [0.3, 0.4) is 0 Å². The molecule has 23 heavy (non-hydrogen) atoms. The van der Waals surface area contributed by atoms with Gasteiger partial charge in [0.05, 0.1) is 16.8 Å². The molecule has 0 saturated carbocycles. The molecule has 1 rings (SSSR count). The number of alkyl halides is 6. The summed E-state index contributed by atoms with van der Waals surface area (Å²) in [6, 6.07) is 1.06. The van der Waals surface area contributed by atoms with E-state index in [0.717, 1.165) is 0 Å². The Morgan fingerprint density at radius 1 is 1.17 bits per heavy atom. The number of hydrogen-bond acceptors (Lipinski definition) is 3. The molecule has 0 aromatic heterocycles. The summed E-state index contributed by atoms with van der Waals surface area (Å²) in [5.41, 5.74) is 2.41. The van der Waals surface area contributed by atoms with Crippen LogP contribution in [0, 0.1) is 11.8 Å².